The molecule has 0 heterocycles. The first-order valence-corrected chi connectivity index (χ1v) is 5.70. The van der Waals surface area contributed by atoms with Crippen LogP contribution in [0.2, 0.25) is 0 Å². The van der Waals surface area contributed by atoms with Gasteiger partial charge in [-0.3, -0.25) is 4.79 Å². The number of hydrogen-bond acceptors (Lipinski definition) is 5. The fourth-order valence-corrected chi connectivity index (χ4v) is 2.40. The second kappa shape index (κ2) is 5.18. The Kier molecular flexibility index (Phi) is 4.94. The lowest BCUT2D eigenvalue weighted by Crippen LogP contribution is -2.26. The molecule has 1 unspecified atom stereocenters. The Morgan fingerprint density at radius 1 is 1.54 bits per heavy atom. The summed E-state index contributed by atoms with van der Waals surface area (Å²) in [5.74, 6) is -1.49. The molecule has 0 amide bonds. The van der Waals surface area contributed by atoms with Crippen molar-refractivity contribution < 1.29 is 17.9 Å². The molecule has 0 rings (SSSR count). The lowest BCUT2D eigenvalue weighted by Gasteiger charge is -2.07. The Balaban J connectivity index is 4.17. The van der Waals surface area contributed by atoms with E-state index in [1.807, 2.05) is 0 Å². The first-order valence-electron chi connectivity index (χ1n) is 3.88. The van der Waals surface area contributed by atoms with Gasteiger partial charge in [0.25, 0.3) is 0 Å². The summed E-state index contributed by atoms with van der Waals surface area (Å²) in [6.07, 6.45) is 0. The fourth-order valence-electron chi connectivity index (χ4n) is 0.799. The maximum Gasteiger partial charge on any atom is 0.320 e. The molecule has 0 aliphatic carbocycles. The molecule has 0 aromatic rings. The van der Waals surface area contributed by atoms with E-state index < -0.39 is 21.6 Å². The third-order valence-corrected chi connectivity index (χ3v) is 3.26. The molecule has 13 heavy (non-hydrogen) atoms. The van der Waals surface area contributed by atoms with Crippen molar-refractivity contribution in [3.8, 4) is 0 Å². The van der Waals surface area contributed by atoms with E-state index in [0.29, 0.717) is 6.54 Å². The molecule has 0 aliphatic rings. The number of ether oxygens (including phenoxy) is 1. The highest BCUT2D eigenvalue weighted by Crippen LogP contribution is 2.00. The van der Waals surface area contributed by atoms with E-state index in [4.69, 9.17) is 5.73 Å². The minimum atomic E-state index is -3.36. The molecule has 0 aliphatic heterocycles. The monoisotopic (exact) mass is 209 g/mol. The van der Waals surface area contributed by atoms with Crippen molar-refractivity contribution >= 4 is 15.8 Å². The Morgan fingerprint density at radius 2 is 2.08 bits per heavy atom. The van der Waals surface area contributed by atoms with Crippen molar-refractivity contribution in [2.24, 2.45) is 11.7 Å². The van der Waals surface area contributed by atoms with E-state index in [0.717, 1.165) is 7.11 Å². The van der Waals surface area contributed by atoms with Crippen LogP contribution >= 0.6 is 0 Å². The van der Waals surface area contributed by atoms with Gasteiger partial charge in [-0.15, -0.1) is 0 Å². The van der Waals surface area contributed by atoms with Crippen molar-refractivity contribution in [3.63, 3.8) is 0 Å². The van der Waals surface area contributed by atoms with E-state index >= 15 is 0 Å². The number of carbonyl (C=O) groups is 1. The van der Waals surface area contributed by atoms with Crippen LogP contribution in [0.25, 0.3) is 0 Å². The van der Waals surface area contributed by atoms with Crippen LogP contribution in [0.1, 0.15) is 6.92 Å². The lowest BCUT2D eigenvalue weighted by atomic mass is 10.2. The first-order chi connectivity index (χ1) is 5.91. The summed E-state index contributed by atoms with van der Waals surface area (Å²) in [7, 11) is -2.20. The predicted octanol–water partition coefficient (Wildman–Crippen LogP) is -0.831. The summed E-state index contributed by atoms with van der Waals surface area (Å²) in [5, 5.41) is 0. The zero-order valence-corrected chi connectivity index (χ0v) is 8.63. The van der Waals surface area contributed by atoms with Gasteiger partial charge >= 0.3 is 5.97 Å². The van der Waals surface area contributed by atoms with Crippen molar-refractivity contribution in [2.45, 2.75) is 6.92 Å². The summed E-state index contributed by atoms with van der Waals surface area (Å²) in [6.45, 7) is 2.01. The van der Waals surface area contributed by atoms with Crippen molar-refractivity contribution in [3.05, 3.63) is 0 Å². The Bertz CT molecular complexity index is 260. The molecule has 0 aromatic carbocycles. The van der Waals surface area contributed by atoms with Crippen LogP contribution in [0.4, 0.5) is 0 Å². The number of rotatable bonds is 5. The second-order valence-corrected chi connectivity index (χ2v) is 5.08. The molecule has 6 heteroatoms. The summed E-state index contributed by atoms with van der Waals surface area (Å²) in [4.78, 5) is 10.7. The summed E-state index contributed by atoms with van der Waals surface area (Å²) in [6, 6.07) is 0. The Hall–Kier alpha value is -0.620. The average molecular weight is 209 g/mol. The zero-order chi connectivity index (χ0) is 10.5. The highest BCUT2D eigenvalue weighted by Gasteiger charge is 2.19. The van der Waals surface area contributed by atoms with Gasteiger partial charge in [-0.2, -0.15) is 0 Å². The third kappa shape index (κ3) is 5.59. The number of hydrogen-bond donors (Lipinski definition) is 1. The molecular weight excluding hydrogens is 194 g/mol. The van der Waals surface area contributed by atoms with Gasteiger partial charge in [0.05, 0.1) is 12.9 Å². The molecular formula is C7H15NO4S. The van der Waals surface area contributed by atoms with E-state index in [1.165, 1.54) is 0 Å². The molecule has 78 valence electrons. The average Bonchev–Trinajstić information content (AvgIpc) is 2.02. The highest BCUT2D eigenvalue weighted by atomic mass is 32.2. The number of methoxy groups -OCH3 is 1. The third-order valence-electron chi connectivity index (χ3n) is 1.51. The molecule has 0 aromatic heterocycles. The lowest BCUT2D eigenvalue weighted by molar-refractivity contribution is -0.137. The van der Waals surface area contributed by atoms with Crippen LogP contribution in [0.15, 0.2) is 0 Å². The van der Waals surface area contributed by atoms with Gasteiger partial charge in [0.1, 0.15) is 5.75 Å². The zero-order valence-electron chi connectivity index (χ0n) is 7.82. The van der Waals surface area contributed by atoms with Gasteiger partial charge in [0.2, 0.25) is 0 Å². The molecule has 2 N–H and O–H groups in total. The molecule has 0 saturated heterocycles. The fraction of sp³-hybridized carbons (Fsp3) is 0.857. The maximum absolute atomic E-state index is 11.2. The Labute approximate surface area is 78.2 Å². The predicted molar refractivity (Wildman–Crippen MR) is 48.9 cm³/mol. The summed E-state index contributed by atoms with van der Waals surface area (Å²) < 4.78 is 26.7. The minimum absolute atomic E-state index is 0.0708. The van der Waals surface area contributed by atoms with Crippen LogP contribution in [0, 0.1) is 5.92 Å². The van der Waals surface area contributed by atoms with Gasteiger partial charge in [-0.1, -0.05) is 6.92 Å². The smallest absolute Gasteiger partial charge is 0.320 e. The van der Waals surface area contributed by atoms with Crippen LogP contribution in [-0.4, -0.2) is 39.5 Å². The first kappa shape index (κ1) is 12.4. The summed E-state index contributed by atoms with van der Waals surface area (Å²) in [5.41, 5.74) is 5.26. The molecule has 0 spiro atoms. The number of sulfone groups is 1. The van der Waals surface area contributed by atoms with E-state index in [-0.39, 0.29) is 11.7 Å². The topological polar surface area (TPSA) is 86.5 Å². The largest absolute Gasteiger partial charge is 0.468 e. The maximum atomic E-state index is 11.2. The van der Waals surface area contributed by atoms with Crippen LogP contribution in [-0.2, 0) is 19.4 Å². The number of carbonyl (C=O) groups excluding carboxylic acids is 1. The van der Waals surface area contributed by atoms with Gasteiger partial charge < -0.3 is 10.5 Å². The summed E-state index contributed by atoms with van der Waals surface area (Å²) >= 11 is 0. The van der Waals surface area contributed by atoms with E-state index in [9.17, 15) is 13.2 Å². The number of nitrogens with two attached hydrogens (primary N) is 1. The van der Waals surface area contributed by atoms with Crippen molar-refractivity contribution in [2.75, 3.05) is 25.2 Å². The highest BCUT2D eigenvalue weighted by molar-refractivity contribution is 7.92. The van der Waals surface area contributed by atoms with Crippen LogP contribution in [0.5, 0.6) is 0 Å². The van der Waals surface area contributed by atoms with Crippen molar-refractivity contribution in [1.82, 2.24) is 0 Å². The molecule has 0 bridgehead atoms. The van der Waals surface area contributed by atoms with E-state index in [2.05, 4.69) is 4.74 Å². The Morgan fingerprint density at radius 3 is 2.46 bits per heavy atom. The van der Waals surface area contributed by atoms with Gasteiger partial charge in [0.15, 0.2) is 9.84 Å². The standard InChI is InChI=1S/C7H15NO4S/c1-6(3-8)4-13(10,11)5-7(9)12-2/h6H,3-5,8H2,1-2H3. The SMILES string of the molecule is COC(=O)CS(=O)(=O)CC(C)CN. The normalized spacial score (nSPS) is 13.8. The molecule has 0 radical (unpaired) electrons. The molecule has 5 nitrogen and oxygen atoms in total. The van der Waals surface area contributed by atoms with Gasteiger partial charge in [-0.25, -0.2) is 8.42 Å². The molecule has 0 saturated carbocycles. The van der Waals surface area contributed by atoms with Gasteiger partial charge in [-0.05, 0) is 12.5 Å². The number of esters is 1. The van der Waals surface area contributed by atoms with Gasteiger partial charge in [0, 0.05) is 0 Å². The van der Waals surface area contributed by atoms with Crippen molar-refractivity contribution in [1.29, 1.82) is 0 Å². The second-order valence-electron chi connectivity index (χ2n) is 2.97. The molecule has 1 atom stereocenters. The minimum Gasteiger partial charge on any atom is -0.468 e. The van der Waals surface area contributed by atoms with E-state index in [1.54, 1.807) is 6.92 Å². The van der Waals surface area contributed by atoms with Crippen LogP contribution < -0.4 is 5.73 Å². The quantitative estimate of drug-likeness (QED) is 0.597. The van der Waals surface area contributed by atoms with Crippen LogP contribution in [0.3, 0.4) is 0 Å². The molecule has 0 fully saturated rings.